The zero-order valence-electron chi connectivity index (χ0n) is 9.80. The van der Waals surface area contributed by atoms with Crippen molar-refractivity contribution in [3.05, 3.63) is 29.6 Å². The van der Waals surface area contributed by atoms with Gasteiger partial charge in [-0.3, -0.25) is 4.79 Å². The van der Waals surface area contributed by atoms with E-state index in [2.05, 4.69) is 0 Å². The van der Waals surface area contributed by atoms with Gasteiger partial charge in [-0.15, -0.1) is 0 Å². The Hall–Kier alpha value is -1.66. The topological polar surface area (TPSA) is 75.8 Å². The molecule has 1 fully saturated rings. The lowest BCUT2D eigenvalue weighted by atomic mass is 10.1. The van der Waals surface area contributed by atoms with Gasteiger partial charge < -0.3 is 20.5 Å². The normalized spacial score (nSPS) is 19.9. The lowest BCUT2D eigenvalue weighted by Gasteiger charge is -2.36. The maximum Gasteiger partial charge on any atom is 0.242 e. The minimum atomic E-state index is -0.588. The van der Waals surface area contributed by atoms with Crippen LogP contribution in [0.15, 0.2) is 18.2 Å². The molecular formula is C12H15FN2O3. The number of morpholine rings is 1. The smallest absolute Gasteiger partial charge is 0.242 e. The predicted molar refractivity (Wildman–Crippen MR) is 63.5 cm³/mol. The summed E-state index contributed by atoms with van der Waals surface area (Å²) in [5.41, 5.74) is 6.37. The average Bonchev–Trinajstić information content (AvgIpc) is 2.38. The van der Waals surface area contributed by atoms with Gasteiger partial charge >= 0.3 is 0 Å². The molecule has 0 bridgehead atoms. The van der Waals surface area contributed by atoms with Crippen LogP contribution in [0.25, 0.3) is 0 Å². The summed E-state index contributed by atoms with van der Waals surface area (Å²) in [6, 6.07) is 3.50. The van der Waals surface area contributed by atoms with Crippen LogP contribution >= 0.6 is 0 Å². The molecule has 6 heteroatoms. The van der Waals surface area contributed by atoms with Crippen LogP contribution in [0.3, 0.4) is 0 Å². The van der Waals surface area contributed by atoms with Crippen molar-refractivity contribution in [3.63, 3.8) is 0 Å². The third kappa shape index (κ3) is 2.44. The Balaban J connectivity index is 2.36. The fourth-order valence-electron chi connectivity index (χ4n) is 2.09. The van der Waals surface area contributed by atoms with Gasteiger partial charge in [-0.05, 0) is 18.2 Å². The van der Waals surface area contributed by atoms with Crippen molar-refractivity contribution in [1.29, 1.82) is 0 Å². The molecule has 5 nitrogen and oxygen atoms in total. The highest BCUT2D eigenvalue weighted by atomic mass is 19.1. The molecule has 3 N–H and O–H groups in total. The van der Waals surface area contributed by atoms with Crippen LogP contribution in [0, 0.1) is 5.82 Å². The van der Waals surface area contributed by atoms with Crippen molar-refractivity contribution in [1.82, 2.24) is 0 Å². The molecule has 2 rings (SSSR count). The van der Waals surface area contributed by atoms with Crippen molar-refractivity contribution in [2.24, 2.45) is 5.73 Å². The van der Waals surface area contributed by atoms with E-state index < -0.39 is 17.8 Å². The maximum atomic E-state index is 13.1. The summed E-state index contributed by atoms with van der Waals surface area (Å²) in [6.07, 6.45) is 0. The first-order valence-electron chi connectivity index (χ1n) is 5.66. The zero-order valence-corrected chi connectivity index (χ0v) is 9.80. The van der Waals surface area contributed by atoms with Gasteiger partial charge in [0.2, 0.25) is 5.91 Å². The number of aliphatic hydroxyl groups is 1. The number of carbonyl (C=O) groups is 1. The molecule has 1 aliphatic heterocycles. The highest BCUT2D eigenvalue weighted by molar-refractivity contribution is 5.84. The Labute approximate surface area is 104 Å². The fraction of sp³-hybridized carbons (Fsp3) is 0.417. The summed E-state index contributed by atoms with van der Waals surface area (Å²) in [4.78, 5) is 13.1. The number of halogens is 1. The second kappa shape index (κ2) is 5.32. The number of amides is 1. The molecule has 0 radical (unpaired) electrons. The Morgan fingerprint density at radius 2 is 2.39 bits per heavy atom. The first-order chi connectivity index (χ1) is 8.63. The number of benzene rings is 1. The van der Waals surface area contributed by atoms with E-state index in [1.807, 2.05) is 0 Å². The predicted octanol–water partition coefficient (Wildman–Crippen LogP) is 0.00850. The van der Waals surface area contributed by atoms with Crippen LogP contribution in [0.1, 0.15) is 5.56 Å². The fourth-order valence-corrected chi connectivity index (χ4v) is 2.09. The third-order valence-corrected chi connectivity index (χ3v) is 2.98. The number of primary amides is 1. The van der Waals surface area contributed by atoms with E-state index in [0.29, 0.717) is 24.4 Å². The van der Waals surface area contributed by atoms with Gasteiger partial charge in [0.05, 0.1) is 19.8 Å². The molecule has 1 aliphatic rings. The number of carbonyl (C=O) groups excluding carboxylic acids is 1. The van der Waals surface area contributed by atoms with Crippen LogP contribution in [0.4, 0.5) is 10.1 Å². The molecule has 1 amide bonds. The number of nitrogens with zero attached hydrogens (tertiary/aromatic N) is 1. The van der Waals surface area contributed by atoms with E-state index >= 15 is 0 Å². The van der Waals surface area contributed by atoms with Crippen molar-refractivity contribution in [2.75, 3.05) is 24.7 Å². The molecule has 1 heterocycles. The van der Waals surface area contributed by atoms with E-state index in [9.17, 15) is 14.3 Å². The van der Waals surface area contributed by atoms with Gasteiger partial charge in [-0.1, -0.05) is 0 Å². The first-order valence-corrected chi connectivity index (χ1v) is 5.66. The molecule has 98 valence electrons. The van der Waals surface area contributed by atoms with Gasteiger partial charge in [0.25, 0.3) is 0 Å². The number of nitrogens with two attached hydrogens (primary N) is 1. The highest BCUT2D eigenvalue weighted by Crippen LogP contribution is 2.25. The van der Waals surface area contributed by atoms with E-state index in [-0.39, 0.29) is 13.2 Å². The van der Waals surface area contributed by atoms with Crippen LogP contribution < -0.4 is 10.6 Å². The Morgan fingerprint density at radius 3 is 3.06 bits per heavy atom. The number of aliphatic hydroxyl groups excluding tert-OH is 1. The minimum absolute atomic E-state index is 0.206. The number of anilines is 1. The summed E-state index contributed by atoms with van der Waals surface area (Å²) in [7, 11) is 0. The lowest BCUT2D eigenvalue weighted by molar-refractivity contribution is -0.121. The molecular weight excluding hydrogens is 239 g/mol. The Bertz CT molecular complexity index is 453. The molecule has 1 unspecified atom stereocenters. The van der Waals surface area contributed by atoms with Crippen LogP contribution in [-0.4, -0.2) is 36.8 Å². The van der Waals surface area contributed by atoms with E-state index in [4.69, 9.17) is 10.5 Å². The number of rotatable bonds is 3. The molecule has 1 aromatic carbocycles. The maximum absolute atomic E-state index is 13.1. The van der Waals surface area contributed by atoms with Gasteiger partial charge in [0, 0.05) is 17.8 Å². The van der Waals surface area contributed by atoms with Gasteiger partial charge in [-0.2, -0.15) is 0 Å². The van der Waals surface area contributed by atoms with Crippen molar-refractivity contribution < 1.29 is 19.0 Å². The van der Waals surface area contributed by atoms with Gasteiger partial charge in [0.15, 0.2) is 0 Å². The second-order valence-electron chi connectivity index (χ2n) is 4.12. The van der Waals surface area contributed by atoms with Gasteiger partial charge in [-0.25, -0.2) is 4.39 Å². The van der Waals surface area contributed by atoms with Crippen molar-refractivity contribution in [3.8, 4) is 0 Å². The highest BCUT2D eigenvalue weighted by Gasteiger charge is 2.29. The monoisotopic (exact) mass is 254 g/mol. The first kappa shape index (κ1) is 12.8. The summed E-state index contributed by atoms with van der Waals surface area (Å²) >= 11 is 0. The summed E-state index contributed by atoms with van der Waals surface area (Å²) in [5, 5.41) is 9.26. The van der Waals surface area contributed by atoms with Crippen molar-refractivity contribution in [2.45, 2.75) is 12.6 Å². The quantitative estimate of drug-likeness (QED) is 0.796. The lowest BCUT2D eigenvalue weighted by Crippen LogP contribution is -2.53. The van der Waals surface area contributed by atoms with Gasteiger partial charge in [0.1, 0.15) is 11.9 Å². The average molecular weight is 254 g/mol. The molecule has 0 spiro atoms. The van der Waals surface area contributed by atoms with Crippen LogP contribution in [0.5, 0.6) is 0 Å². The molecule has 1 saturated heterocycles. The molecule has 0 aromatic heterocycles. The van der Waals surface area contributed by atoms with E-state index in [0.717, 1.165) is 0 Å². The summed E-state index contributed by atoms with van der Waals surface area (Å²) in [5.74, 6) is -0.922. The standard InChI is InChI=1S/C12H15FN2O3/c13-9-1-2-10(8(5-9)6-16)15-3-4-18-7-11(15)12(14)17/h1-2,5,11,16H,3-4,6-7H2,(H2,14,17). The van der Waals surface area contributed by atoms with Crippen LogP contribution in [-0.2, 0) is 16.1 Å². The Morgan fingerprint density at radius 1 is 1.61 bits per heavy atom. The molecule has 1 aromatic rings. The van der Waals surface area contributed by atoms with E-state index in [1.54, 1.807) is 11.0 Å². The Kier molecular flexibility index (Phi) is 3.78. The van der Waals surface area contributed by atoms with Crippen LogP contribution in [0.2, 0.25) is 0 Å². The summed E-state index contributed by atoms with van der Waals surface area (Å²) in [6.45, 7) is 0.853. The number of hydrogen-bond acceptors (Lipinski definition) is 4. The second-order valence-corrected chi connectivity index (χ2v) is 4.12. The molecule has 0 aliphatic carbocycles. The number of ether oxygens (including phenoxy) is 1. The number of hydrogen-bond donors (Lipinski definition) is 2. The van der Waals surface area contributed by atoms with E-state index in [1.165, 1.54) is 12.1 Å². The molecule has 1 atom stereocenters. The SMILES string of the molecule is NC(=O)C1COCCN1c1ccc(F)cc1CO. The third-order valence-electron chi connectivity index (χ3n) is 2.98. The minimum Gasteiger partial charge on any atom is -0.392 e. The summed E-state index contributed by atoms with van der Waals surface area (Å²) < 4.78 is 18.3. The van der Waals surface area contributed by atoms with Crippen molar-refractivity contribution >= 4 is 11.6 Å². The largest absolute Gasteiger partial charge is 0.392 e. The molecule has 0 saturated carbocycles. The zero-order chi connectivity index (χ0) is 13.1. The molecule has 18 heavy (non-hydrogen) atoms.